The number of nitrogens with two attached hydrogens (primary N) is 1. The predicted molar refractivity (Wildman–Crippen MR) is 72.1 cm³/mol. The number of hydrogen-bond acceptors (Lipinski definition) is 6. The number of anilines is 2. The standard InChI is InChI=1S/C11H17N5O3/c1-3-6-13-10-5-4-8(16(18)19)11(14-10)15(2)7-9(12)17/h4-5H,3,6-7H2,1-2H3,(H2,12,17)(H,13,14). The highest BCUT2D eigenvalue weighted by atomic mass is 16.6. The van der Waals surface area contributed by atoms with Gasteiger partial charge in [-0.05, 0) is 12.5 Å². The molecular formula is C11H17N5O3. The van der Waals surface area contributed by atoms with E-state index in [0.717, 1.165) is 6.42 Å². The number of nitrogens with zero attached hydrogens (tertiary/aromatic N) is 3. The van der Waals surface area contributed by atoms with Gasteiger partial charge in [0.25, 0.3) is 0 Å². The normalized spacial score (nSPS) is 10.0. The van der Waals surface area contributed by atoms with Crippen LogP contribution in [0.15, 0.2) is 12.1 Å². The number of nitrogens with one attached hydrogen (secondary N) is 1. The molecule has 104 valence electrons. The molecule has 0 aliphatic carbocycles. The van der Waals surface area contributed by atoms with Crippen LogP contribution in [0, 0.1) is 10.1 Å². The second-order valence-electron chi connectivity index (χ2n) is 4.05. The lowest BCUT2D eigenvalue weighted by Gasteiger charge is -2.17. The average Bonchev–Trinajstić information content (AvgIpc) is 2.35. The van der Waals surface area contributed by atoms with Crippen molar-refractivity contribution >= 4 is 23.2 Å². The molecule has 1 amide bonds. The van der Waals surface area contributed by atoms with Crippen molar-refractivity contribution in [1.29, 1.82) is 0 Å². The van der Waals surface area contributed by atoms with Gasteiger partial charge in [-0.1, -0.05) is 6.92 Å². The van der Waals surface area contributed by atoms with Crippen molar-refractivity contribution < 1.29 is 9.72 Å². The van der Waals surface area contributed by atoms with Crippen LogP contribution >= 0.6 is 0 Å². The summed E-state index contributed by atoms with van der Waals surface area (Å²) in [6.07, 6.45) is 0.908. The fraction of sp³-hybridized carbons (Fsp3) is 0.455. The van der Waals surface area contributed by atoms with E-state index in [4.69, 9.17) is 5.73 Å². The zero-order valence-corrected chi connectivity index (χ0v) is 10.9. The van der Waals surface area contributed by atoms with Crippen molar-refractivity contribution in [2.75, 3.05) is 30.4 Å². The van der Waals surface area contributed by atoms with Gasteiger partial charge in [0.05, 0.1) is 11.5 Å². The van der Waals surface area contributed by atoms with Gasteiger partial charge in [0, 0.05) is 19.7 Å². The summed E-state index contributed by atoms with van der Waals surface area (Å²) in [5, 5.41) is 14.0. The molecule has 0 fully saturated rings. The molecule has 3 N–H and O–H groups in total. The number of aromatic nitrogens is 1. The quantitative estimate of drug-likeness (QED) is 0.556. The zero-order valence-electron chi connectivity index (χ0n) is 10.9. The summed E-state index contributed by atoms with van der Waals surface area (Å²) in [5.41, 5.74) is 4.92. The Morgan fingerprint density at radius 3 is 2.79 bits per heavy atom. The maximum atomic E-state index is 10.9. The highest BCUT2D eigenvalue weighted by molar-refractivity contribution is 5.80. The Hall–Kier alpha value is -2.38. The lowest BCUT2D eigenvalue weighted by Crippen LogP contribution is -2.31. The third-order valence-electron chi connectivity index (χ3n) is 2.36. The van der Waals surface area contributed by atoms with Crippen molar-refractivity contribution in [2.24, 2.45) is 5.73 Å². The van der Waals surface area contributed by atoms with E-state index in [1.807, 2.05) is 6.92 Å². The van der Waals surface area contributed by atoms with Crippen LogP contribution in [0.2, 0.25) is 0 Å². The molecule has 8 heteroatoms. The van der Waals surface area contributed by atoms with Crippen molar-refractivity contribution in [3.8, 4) is 0 Å². The van der Waals surface area contributed by atoms with Gasteiger partial charge in [-0.25, -0.2) is 4.98 Å². The Balaban J connectivity index is 3.07. The smallest absolute Gasteiger partial charge is 0.311 e. The second kappa shape index (κ2) is 6.53. The maximum Gasteiger partial charge on any atom is 0.311 e. The molecule has 19 heavy (non-hydrogen) atoms. The average molecular weight is 267 g/mol. The Kier molecular flexibility index (Phi) is 5.04. The van der Waals surface area contributed by atoms with Crippen LogP contribution < -0.4 is 16.0 Å². The van der Waals surface area contributed by atoms with Gasteiger partial charge in [0.1, 0.15) is 5.82 Å². The van der Waals surface area contributed by atoms with Crippen LogP contribution in [0.25, 0.3) is 0 Å². The number of pyridine rings is 1. The first-order valence-electron chi connectivity index (χ1n) is 5.84. The number of carbonyl (C=O) groups is 1. The maximum absolute atomic E-state index is 10.9. The highest BCUT2D eigenvalue weighted by Gasteiger charge is 2.20. The van der Waals surface area contributed by atoms with E-state index in [9.17, 15) is 14.9 Å². The molecule has 0 spiro atoms. The van der Waals surface area contributed by atoms with Gasteiger partial charge in [0.15, 0.2) is 0 Å². The Bertz CT molecular complexity index is 477. The van der Waals surface area contributed by atoms with Gasteiger partial charge in [0.2, 0.25) is 11.7 Å². The first-order chi connectivity index (χ1) is 8.95. The van der Waals surface area contributed by atoms with E-state index in [0.29, 0.717) is 12.4 Å². The fourth-order valence-corrected chi connectivity index (χ4v) is 1.52. The van der Waals surface area contributed by atoms with Crippen molar-refractivity contribution in [2.45, 2.75) is 13.3 Å². The molecule has 0 saturated heterocycles. The molecule has 8 nitrogen and oxygen atoms in total. The summed E-state index contributed by atoms with van der Waals surface area (Å²) >= 11 is 0. The van der Waals surface area contributed by atoms with Gasteiger partial charge in [-0.15, -0.1) is 0 Å². The number of amides is 1. The minimum absolute atomic E-state index is 0.116. The second-order valence-corrected chi connectivity index (χ2v) is 4.05. The molecule has 1 rings (SSSR count). The van der Waals surface area contributed by atoms with Crippen LogP contribution in [0.5, 0.6) is 0 Å². The largest absolute Gasteiger partial charge is 0.370 e. The van der Waals surface area contributed by atoms with E-state index in [2.05, 4.69) is 10.3 Å². The molecule has 0 aliphatic rings. The Morgan fingerprint density at radius 1 is 1.58 bits per heavy atom. The summed E-state index contributed by atoms with van der Waals surface area (Å²) in [7, 11) is 1.53. The van der Waals surface area contributed by atoms with Gasteiger partial charge in [-0.3, -0.25) is 14.9 Å². The number of primary amides is 1. The zero-order chi connectivity index (χ0) is 14.4. The highest BCUT2D eigenvalue weighted by Crippen LogP contribution is 2.26. The summed E-state index contributed by atoms with van der Waals surface area (Å²) in [4.78, 5) is 26.8. The molecule has 0 atom stereocenters. The number of hydrogen-bond donors (Lipinski definition) is 2. The molecule has 0 aromatic carbocycles. The van der Waals surface area contributed by atoms with E-state index in [1.54, 1.807) is 0 Å². The number of carbonyl (C=O) groups excluding carboxylic acids is 1. The first-order valence-corrected chi connectivity index (χ1v) is 5.84. The summed E-state index contributed by atoms with van der Waals surface area (Å²) in [6, 6.07) is 2.90. The molecule has 1 aromatic rings. The van der Waals surface area contributed by atoms with E-state index >= 15 is 0 Å². The molecule has 0 unspecified atom stereocenters. The lowest BCUT2D eigenvalue weighted by molar-refractivity contribution is -0.384. The third-order valence-corrected chi connectivity index (χ3v) is 2.36. The van der Waals surface area contributed by atoms with Crippen LogP contribution in [-0.2, 0) is 4.79 Å². The molecule has 1 heterocycles. The van der Waals surface area contributed by atoms with Gasteiger partial charge in [-0.2, -0.15) is 0 Å². The molecule has 0 radical (unpaired) electrons. The summed E-state index contributed by atoms with van der Waals surface area (Å²) < 4.78 is 0. The van der Waals surface area contributed by atoms with Gasteiger partial charge < -0.3 is 16.0 Å². The molecule has 1 aromatic heterocycles. The molecule has 0 bridgehead atoms. The fourth-order valence-electron chi connectivity index (χ4n) is 1.52. The number of rotatable bonds is 7. The predicted octanol–water partition coefficient (Wildman–Crippen LogP) is 0.733. The third kappa shape index (κ3) is 4.09. The first kappa shape index (κ1) is 14.7. The Morgan fingerprint density at radius 2 is 2.26 bits per heavy atom. The van der Waals surface area contributed by atoms with Crippen LogP contribution in [0.4, 0.5) is 17.3 Å². The van der Waals surface area contributed by atoms with Crippen molar-refractivity contribution in [3.05, 3.63) is 22.2 Å². The van der Waals surface area contributed by atoms with Crippen LogP contribution in [0.1, 0.15) is 13.3 Å². The summed E-state index contributed by atoms with van der Waals surface area (Å²) in [5.74, 6) is 0.0641. The van der Waals surface area contributed by atoms with Gasteiger partial charge >= 0.3 is 5.69 Å². The van der Waals surface area contributed by atoms with Crippen molar-refractivity contribution in [3.63, 3.8) is 0 Å². The van der Waals surface area contributed by atoms with Crippen LogP contribution in [0.3, 0.4) is 0 Å². The molecule has 0 saturated carbocycles. The minimum atomic E-state index is -0.578. The van der Waals surface area contributed by atoms with E-state index < -0.39 is 10.8 Å². The number of nitro groups is 1. The van der Waals surface area contributed by atoms with Crippen LogP contribution in [-0.4, -0.2) is 36.0 Å². The minimum Gasteiger partial charge on any atom is -0.370 e. The monoisotopic (exact) mass is 267 g/mol. The Labute approximate surface area is 110 Å². The molecular weight excluding hydrogens is 250 g/mol. The summed E-state index contributed by atoms with van der Waals surface area (Å²) in [6.45, 7) is 2.58. The topological polar surface area (TPSA) is 114 Å². The lowest BCUT2D eigenvalue weighted by atomic mass is 10.3. The van der Waals surface area contributed by atoms with Crippen molar-refractivity contribution in [1.82, 2.24) is 4.98 Å². The molecule has 0 aliphatic heterocycles. The number of likely N-dealkylation sites (N-methyl/N-ethyl adjacent to an activating group) is 1. The van der Waals surface area contributed by atoms with E-state index in [1.165, 1.54) is 24.1 Å². The SMILES string of the molecule is CCCNc1ccc([N+](=O)[O-])c(N(C)CC(N)=O)n1. The van der Waals surface area contributed by atoms with E-state index in [-0.39, 0.29) is 18.1 Å².